The quantitative estimate of drug-likeness (QED) is 0.155. The van der Waals surface area contributed by atoms with Gasteiger partial charge in [0.15, 0.2) is 0 Å². The largest absolute Gasteiger partial charge is 0.310 e. The van der Waals surface area contributed by atoms with Gasteiger partial charge in [0.25, 0.3) is 0 Å². The van der Waals surface area contributed by atoms with Crippen LogP contribution < -0.4 is 4.90 Å². The van der Waals surface area contributed by atoms with Gasteiger partial charge in [-0.2, -0.15) is 0 Å². The summed E-state index contributed by atoms with van der Waals surface area (Å²) < 4.78 is 2.41. The minimum atomic E-state index is -0.292. The van der Waals surface area contributed by atoms with Gasteiger partial charge in [0.2, 0.25) is 0 Å². The molecule has 11 aromatic rings. The predicted molar refractivity (Wildman–Crippen MR) is 281 cm³/mol. The molecule has 0 saturated carbocycles. The van der Waals surface area contributed by atoms with Gasteiger partial charge in [-0.05, 0) is 128 Å². The van der Waals surface area contributed by atoms with Crippen LogP contribution in [0.1, 0.15) is 48.6 Å². The molecule has 2 heteroatoms. The summed E-state index contributed by atoms with van der Waals surface area (Å²) in [5.41, 5.74) is 23.2. The van der Waals surface area contributed by atoms with Gasteiger partial charge in [0.05, 0.1) is 16.7 Å². The van der Waals surface area contributed by atoms with Gasteiger partial charge in [-0.25, -0.2) is 0 Å². The lowest BCUT2D eigenvalue weighted by Crippen LogP contribution is -2.22. The molecule has 1 aromatic heterocycles. The van der Waals surface area contributed by atoms with Crippen LogP contribution in [0.5, 0.6) is 0 Å². The molecule has 2 nitrogen and oxygen atoms in total. The molecule has 2 aliphatic carbocycles. The van der Waals surface area contributed by atoms with E-state index in [0.717, 1.165) is 28.3 Å². The van der Waals surface area contributed by atoms with E-state index < -0.39 is 0 Å². The van der Waals surface area contributed by atoms with Crippen molar-refractivity contribution in [2.24, 2.45) is 0 Å². The number of nitrogens with zero attached hydrogens (tertiary/aromatic N) is 2. The molecule has 0 spiro atoms. The molecule has 1 unspecified atom stereocenters. The fourth-order valence-electron chi connectivity index (χ4n) is 11.8. The van der Waals surface area contributed by atoms with Gasteiger partial charge in [-0.15, -0.1) is 0 Å². The number of hydrogen-bond donors (Lipinski definition) is 0. The first-order chi connectivity index (χ1) is 32.9. The second-order valence-corrected chi connectivity index (χ2v) is 19.0. The maximum Gasteiger partial charge on any atom is 0.0547 e. The number of para-hydroxylation sites is 3. The summed E-state index contributed by atoms with van der Waals surface area (Å²) >= 11 is 0. The van der Waals surface area contributed by atoms with Crippen molar-refractivity contribution in [3.05, 3.63) is 264 Å². The molecule has 0 bridgehead atoms. The molecule has 13 rings (SSSR count). The maximum atomic E-state index is 2.50. The smallest absolute Gasteiger partial charge is 0.0547 e. The van der Waals surface area contributed by atoms with Gasteiger partial charge in [0.1, 0.15) is 0 Å². The van der Waals surface area contributed by atoms with E-state index in [1.807, 2.05) is 0 Å². The Morgan fingerprint density at radius 1 is 0.358 bits per heavy atom. The van der Waals surface area contributed by atoms with E-state index in [1.165, 1.54) is 88.6 Å². The van der Waals surface area contributed by atoms with E-state index in [4.69, 9.17) is 0 Å². The normalized spacial score (nSPS) is 15.3. The van der Waals surface area contributed by atoms with Crippen molar-refractivity contribution in [3.8, 4) is 50.2 Å². The van der Waals surface area contributed by atoms with Crippen molar-refractivity contribution in [2.45, 2.75) is 31.6 Å². The highest BCUT2D eigenvalue weighted by Gasteiger charge is 2.41. The lowest BCUT2D eigenvalue weighted by atomic mass is 9.74. The third kappa shape index (κ3) is 5.82. The highest BCUT2D eigenvalue weighted by molar-refractivity contribution is 6.10. The van der Waals surface area contributed by atoms with Gasteiger partial charge < -0.3 is 9.47 Å². The number of benzene rings is 10. The second kappa shape index (κ2) is 14.9. The maximum absolute atomic E-state index is 2.50. The second-order valence-electron chi connectivity index (χ2n) is 19.0. The molecule has 0 radical (unpaired) electrons. The molecule has 0 saturated heterocycles. The Morgan fingerprint density at radius 2 is 0.955 bits per heavy atom. The van der Waals surface area contributed by atoms with Crippen LogP contribution in [0.15, 0.2) is 237 Å². The molecule has 0 N–H and O–H groups in total. The first kappa shape index (κ1) is 39.2. The molecular formula is C65H48N2. The van der Waals surface area contributed by atoms with Gasteiger partial charge >= 0.3 is 0 Å². The Bertz CT molecular complexity index is 3740. The summed E-state index contributed by atoms with van der Waals surface area (Å²) in [6, 6.07) is 87.8. The van der Waals surface area contributed by atoms with Crippen molar-refractivity contribution in [1.29, 1.82) is 0 Å². The summed E-state index contributed by atoms with van der Waals surface area (Å²) in [4.78, 5) is 2.50. The average Bonchev–Trinajstić information content (AvgIpc) is 3.95. The molecule has 67 heavy (non-hydrogen) atoms. The van der Waals surface area contributed by atoms with E-state index in [-0.39, 0.29) is 10.8 Å². The minimum Gasteiger partial charge on any atom is -0.310 e. The van der Waals surface area contributed by atoms with Crippen LogP contribution in [0.4, 0.5) is 17.1 Å². The van der Waals surface area contributed by atoms with E-state index in [0.29, 0.717) is 0 Å². The Balaban J connectivity index is 1.03. The fourth-order valence-corrected chi connectivity index (χ4v) is 11.8. The van der Waals surface area contributed by atoms with Crippen LogP contribution in [0, 0.1) is 0 Å². The number of aromatic nitrogens is 1. The molecule has 10 aromatic carbocycles. The monoisotopic (exact) mass is 856 g/mol. The van der Waals surface area contributed by atoms with E-state index in [2.05, 4.69) is 267 Å². The van der Waals surface area contributed by atoms with Gasteiger partial charge in [0, 0.05) is 44.2 Å². The van der Waals surface area contributed by atoms with E-state index >= 15 is 0 Å². The van der Waals surface area contributed by atoms with Crippen molar-refractivity contribution in [2.75, 3.05) is 4.90 Å². The van der Waals surface area contributed by atoms with Crippen molar-refractivity contribution in [1.82, 2.24) is 4.57 Å². The number of rotatable bonds is 7. The first-order valence-electron chi connectivity index (χ1n) is 23.5. The summed E-state index contributed by atoms with van der Waals surface area (Å²) in [5.74, 6) is 0. The number of fused-ring (bicyclic) bond motifs is 9. The highest BCUT2D eigenvalue weighted by Crippen LogP contribution is 2.56. The Morgan fingerprint density at radius 3 is 1.79 bits per heavy atom. The van der Waals surface area contributed by atoms with Crippen LogP contribution in [0.3, 0.4) is 0 Å². The molecule has 2 aliphatic rings. The van der Waals surface area contributed by atoms with Crippen molar-refractivity contribution in [3.63, 3.8) is 0 Å². The topological polar surface area (TPSA) is 8.17 Å². The molecular weight excluding hydrogens is 809 g/mol. The van der Waals surface area contributed by atoms with Crippen LogP contribution >= 0.6 is 0 Å². The molecule has 1 heterocycles. The number of anilines is 3. The number of hydrogen-bond acceptors (Lipinski definition) is 1. The zero-order valence-electron chi connectivity index (χ0n) is 37.9. The van der Waals surface area contributed by atoms with Gasteiger partial charge in [-0.3, -0.25) is 0 Å². The SMILES string of the molecule is CC1(C)c2ccccc2-c2c(-c3ccccc3N(c3cccc(-c4ccc5c6ccccc6n(-c6ccccc6)c5c4)c3)c3ccc4c(c3)-c3ccccc3C4(C)c3ccccc3)cccc21. The molecule has 0 aliphatic heterocycles. The lowest BCUT2D eigenvalue weighted by Gasteiger charge is -2.31. The lowest BCUT2D eigenvalue weighted by molar-refractivity contribution is 0.660. The highest BCUT2D eigenvalue weighted by atomic mass is 15.1. The Labute approximate surface area is 392 Å². The van der Waals surface area contributed by atoms with Crippen LogP contribution in [-0.4, -0.2) is 4.57 Å². The minimum absolute atomic E-state index is 0.114. The van der Waals surface area contributed by atoms with Crippen LogP contribution in [-0.2, 0) is 10.8 Å². The predicted octanol–water partition coefficient (Wildman–Crippen LogP) is 17.2. The summed E-state index contributed by atoms with van der Waals surface area (Å²) in [6.45, 7) is 7.13. The summed E-state index contributed by atoms with van der Waals surface area (Å²) in [5, 5.41) is 2.50. The molecule has 318 valence electrons. The summed E-state index contributed by atoms with van der Waals surface area (Å²) in [6.07, 6.45) is 0. The molecule has 0 fully saturated rings. The Kier molecular flexibility index (Phi) is 8.73. The van der Waals surface area contributed by atoms with E-state index in [1.54, 1.807) is 0 Å². The Hall–Kier alpha value is -8.20. The molecule has 0 amide bonds. The average molecular weight is 857 g/mol. The van der Waals surface area contributed by atoms with Crippen molar-refractivity contribution < 1.29 is 0 Å². The zero-order chi connectivity index (χ0) is 44.9. The van der Waals surface area contributed by atoms with Crippen LogP contribution in [0.2, 0.25) is 0 Å². The third-order valence-corrected chi connectivity index (χ3v) is 15.1. The van der Waals surface area contributed by atoms with E-state index in [9.17, 15) is 0 Å². The summed E-state index contributed by atoms with van der Waals surface area (Å²) in [7, 11) is 0. The van der Waals surface area contributed by atoms with Gasteiger partial charge in [-0.1, -0.05) is 196 Å². The standard InChI is InChI=1S/C65H48N2/c1-64(2)56-31-14-11-29-54(56)63-53(30-19-33-59(63)64)51-28-13-16-34-60(51)66(48-37-39-58-55(42-48)49-26-10-15-32-57(49)65(58,3)45-21-6-4-7-22-45)47-25-18-20-43(40-47)44-36-38-52-50-27-12-17-35-61(50)67(62(52)41-44)46-23-8-5-9-24-46/h4-42H,1-3H3. The van der Waals surface area contributed by atoms with Crippen molar-refractivity contribution >= 4 is 38.9 Å². The van der Waals surface area contributed by atoms with Crippen LogP contribution in [0.25, 0.3) is 72.0 Å². The fraction of sp³-hybridized carbons (Fsp3) is 0.0769. The molecule has 1 atom stereocenters. The zero-order valence-corrected chi connectivity index (χ0v) is 37.9. The first-order valence-corrected chi connectivity index (χ1v) is 23.5. The third-order valence-electron chi connectivity index (χ3n) is 15.1.